The second-order valence-electron chi connectivity index (χ2n) is 6.50. The molecule has 2 aromatic rings. The number of aliphatic hydroxyl groups excluding tert-OH is 1. The highest BCUT2D eigenvalue weighted by atomic mass is 35.5. The first-order valence-corrected chi connectivity index (χ1v) is 8.61. The Labute approximate surface area is 151 Å². The zero-order valence-electron chi connectivity index (χ0n) is 14.4. The molecule has 1 N–H and O–H groups in total. The summed E-state index contributed by atoms with van der Waals surface area (Å²) >= 11 is 6.11. The minimum atomic E-state index is -0.645. The molecule has 1 aliphatic heterocycles. The van der Waals surface area contributed by atoms with E-state index in [9.17, 15) is 9.90 Å². The summed E-state index contributed by atoms with van der Waals surface area (Å²) in [5, 5.41) is 15.1. The Morgan fingerprint density at radius 3 is 2.96 bits per heavy atom. The third-order valence-electron chi connectivity index (χ3n) is 4.20. The number of fused-ring (bicyclic) bond motifs is 1. The number of amides is 1. The van der Waals surface area contributed by atoms with Gasteiger partial charge in [0.15, 0.2) is 0 Å². The summed E-state index contributed by atoms with van der Waals surface area (Å²) in [6, 6.07) is 3.52. The van der Waals surface area contributed by atoms with Crippen LogP contribution in [0.25, 0.3) is 0 Å². The van der Waals surface area contributed by atoms with Gasteiger partial charge >= 0.3 is 0 Å². The van der Waals surface area contributed by atoms with Gasteiger partial charge in [0.1, 0.15) is 6.10 Å². The minimum absolute atomic E-state index is 0.113. The van der Waals surface area contributed by atoms with E-state index in [1.165, 1.54) is 6.20 Å². The van der Waals surface area contributed by atoms with Gasteiger partial charge in [0.2, 0.25) is 0 Å². The molecule has 0 bridgehead atoms. The van der Waals surface area contributed by atoms with E-state index in [-0.39, 0.29) is 5.91 Å². The summed E-state index contributed by atoms with van der Waals surface area (Å²) in [6.45, 7) is 2.30. The van der Waals surface area contributed by atoms with Crippen molar-refractivity contribution in [3.05, 3.63) is 46.5 Å². The van der Waals surface area contributed by atoms with E-state index >= 15 is 0 Å². The number of pyridine rings is 1. The van der Waals surface area contributed by atoms with E-state index in [1.807, 2.05) is 29.7 Å². The predicted octanol–water partition coefficient (Wildman–Crippen LogP) is 1.57. The SMILES string of the molecule is CN(C)C[C@@H](O)c1cc2n(n1)CCCN(C(=O)c1ccncc1Cl)C2. The van der Waals surface area contributed by atoms with Crippen molar-refractivity contribution in [2.45, 2.75) is 25.6 Å². The average molecular weight is 364 g/mol. The Balaban J connectivity index is 1.80. The van der Waals surface area contributed by atoms with Crippen molar-refractivity contribution >= 4 is 17.5 Å². The van der Waals surface area contributed by atoms with Gasteiger partial charge in [-0.25, -0.2) is 0 Å². The monoisotopic (exact) mass is 363 g/mol. The van der Waals surface area contributed by atoms with E-state index < -0.39 is 6.10 Å². The van der Waals surface area contributed by atoms with Crippen molar-refractivity contribution in [2.75, 3.05) is 27.2 Å². The van der Waals surface area contributed by atoms with Crippen LogP contribution in [0.5, 0.6) is 0 Å². The van der Waals surface area contributed by atoms with Gasteiger partial charge in [-0.2, -0.15) is 5.10 Å². The Morgan fingerprint density at radius 2 is 2.24 bits per heavy atom. The molecule has 0 saturated carbocycles. The van der Waals surface area contributed by atoms with Crippen LogP contribution in [0.2, 0.25) is 5.02 Å². The highest BCUT2D eigenvalue weighted by Crippen LogP contribution is 2.22. The van der Waals surface area contributed by atoms with Crippen LogP contribution in [-0.4, -0.2) is 62.8 Å². The van der Waals surface area contributed by atoms with Gasteiger partial charge in [0, 0.05) is 32.0 Å². The number of carbonyl (C=O) groups is 1. The molecule has 0 fully saturated rings. The number of nitrogens with zero attached hydrogens (tertiary/aromatic N) is 5. The fourth-order valence-corrected chi connectivity index (χ4v) is 3.18. The van der Waals surface area contributed by atoms with Crippen molar-refractivity contribution in [1.29, 1.82) is 0 Å². The molecule has 1 amide bonds. The maximum absolute atomic E-state index is 12.8. The van der Waals surface area contributed by atoms with Crippen molar-refractivity contribution < 1.29 is 9.90 Å². The van der Waals surface area contributed by atoms with Gasteiger partial charge in [-0.15, -0.1) is 0 Å². The molecule has 0 aromatic carbocycles. The number of aryl methyl sites for hydroxylation is 1. The van der Waals surface area contributed by atoms with Gasteiger partial charge in [-0.1, -0.05) is 11.6 Å². The van der Waals surface area contributed by atoms with Crippen LogP contribution in [0.4, 0.5) is 0 Å². The van der Waals surface area contributed by atoms with Crippen molar-refractivity contribution in [3.63, 3.8) is 0 Å². The van der Waals surface area contributed by atoms with Crippen molar-refractivity contribution in [3.8, 4) is 0 Å². The van der Waals surface area contributed by atoms with E-state index in [2.05, 4.69) is 10.1 Å². The molecule has 1 aliphatic rings. The van der Waals surface area contributed by atoms with Crippen LogP contribution in [0.3, 0.4) is 0 Å². The molecule has 3 heterocycles. The standard InChI is InChI=1S/C17H22ClN5O2/c1-21(2)11-16(24)15-8-12-10-22(6-3-7-23(12)20-15)17(25)13-4-5-19-9-14(13)18/h4-5,8-9,16,24H,3,6-7,10-11H2,1-2H3/t16-/m1/s1. The van der Waals surface area contributed by atoms with Crippen LogP contribution in [0, 0.1) is 0 Å². The number of hydrogen-bond donors (Lipinski definition) is 1. The summed E-state index contributed by atoms with van der Waals surface area (Å²) in [7, 11) is 3.81. The fraction of sp³-hybridized carbons (Fsp3) is 0.471. The normalized spacial score (nSPS) is 15.8. The molecule has 0 unspecified atom stereocenters. The first-order valence-electron chi connectivity index (χ1n) is 8.24. The lowest BCUT2D eigenvalue weighted by molar-refractivity contribution is 0.0746. The maximum Gasteiger partial charge on any atom is 0.255 e. The molecule has 1 atom stereocenters. The highest BCUT2D eigenvalue weighted by molar-refractivity contribution is 6.33. The van der Waals surface area contributed by atoms with E-state index in [4.69, 9.17) is 11.6 Å². The third-order valence-corrected chi connectivity index (χ3v) is 4.50. The lowest BCUT2D eigenvalue weighted by Crippen LogP contribution is -2.31. The largest absolute Gasteiger partial charge is 0.385 e. The number of carbonyl (C=O) groups excluding carboxylic acids is 1. The molecule has 0 aliphatic carbocycles. The Kier molecular flexibility index (Phi) is 5.36. The van der Waals surface area contributed by atoms with E-state index in [1.54, 1.807) is 17.2 Å². The molecule has 0 spiro atoms. The summed E-state index contributed by atoms with van der Waals surface area (Å²) in [6.07, 6.45) is 3.20. The number of hydrogen-bond acceptors (Lipinski definition) is 5. The number of rotatable bonds is 4. The Morgan fingerprint density at radius 1 is 1.44 bits per heavy atom. The van der Waals surface area contributed by atoms with Crippen LogP contribution in [0.1, 0.15) is 34.3 Å². The van der Waals surface area contributed by atoms with Gasteiger partial charge in [-0.3, -0.25) is 14.5 Å². The fourth-order valence-electron chi connectivity index (χ4n) is 2.98. The number of aliphatic hydroxyl groups is 1. The maximum atomic E-state index is 12.8. The zero-order valence-corrected chi connectivity index (χ0v) is 15.1. The molecule has 0 saturated heterocycles. The lowest BCUT2D eigenvalue weighted by Gasteiger charge is -2.20. The summed E-state index contributed by atoms with van der Waals surface area (Å²) in [4.78, 5) is 20.4. The van der Waals surface area contributed by atoms with Gasteiger partial charge < -0.3 is 14.9 Å². The molecule has 7 nitrogen and oxygen atoms in total. The van der Waals surface area contributed by atoms with Gasteiger partial charge in [0.25, 0.3) is 5.91 Å². The zero-order chi connectivity index (χ0) is 18.0. The topological polar surface area (TPSA) is 74.5 Å². The quantitative estimate of drug-likeness (QED) is 0.892. The second kappa shape index (κ2) is 7.51. The first-order chi connectivity index (χ1) is 12.0. The molecule has 8 heteroatoms. The predicted molar refractivity (Wildman–Crippen MR) is 94.3 cm³/mol. The molecule has 134 valence electrons. The van der Waals surface area contributed by atoms with Crippen molar-refractivity contribution in [2.24, 2.45) is 0 Å². The molecule has 0 radical (unpaired) electrons. The molecular weight excluding hydrogens is 342 g/mol. The average Bonchev–Trinajstić information content (AvgIpc) is 2.86. The highest BCUT2D eigenvalue weighted by Gasteiger charge is 2.24. The Bertz CT molecular complexity index is 761. The van der Waals surface area contributed by atoms with Crippen molar-refractivity contribution in [1.82, 2.24) is 24.6 Å². The number of likely N-dealkylation sites (N-methyl/N-ethyl adjacent to an activating group) is 1. The third kappa shape index (κ3) is 4.00. The smallest absolute Gasteiger partial charge is 0.255 e. The van der Waals surface area contributed by atoms with Crippen LogP contribution < -0.4 is 0 Å². The minimum Gasteiger partial charge on any atom is -0.385 e. The van der Waals surface area contributed by atoms with Gasteiger partial charge in [-0.05, 0) is 32.6 Å². The second-order valence-corrected chi connectivity index (χ2v) is 6.90. The molecule has 2 aromatic heterocycles. The summed E-state index contributed by atoms with van der Waals surface area (Å²) in [5.41, 5.74) is 2.02. The van der Waals surface area contributed by atoms with Crippen LogP contribution in [-0.2, 0) is 13.1 Å². The van der Waals surface area contributed by atoms with Crippen LogP contribution >= 0.6 is 11.6 Å². The first kappa shape index (κ1) is 17.8. The summed E-state index contributed by atoms with van der Waals surface area (Å²) in [5.74, 6) is -0.113. The van der Waals surface area contributed by atoms with Crippen LogP contribution in [0.15, 0.2) is 24.5 Å². The molecule has 3 rings (SSSR count). The molecule has 25 heavy (non-hydrogen) atoms. The number of halogens is 1. The van der Waals surface area contributed by atoms with E-state index in [0.717, 1.165) is 18.7 Å². The molecular formula is C17H22ClN5O2. The van der Waals surface area contributed by atoms with Gasteiger partial charge in [0.05, 0.1) is 28.5 Å². The number of aromatic nitrogens is 3. The van der Waals surface area contributed by atoms with E-state index in [0.29, 0.717) is 35.9 Å². The summed E-state index contributed by atoms with van der Waals surface area (Å²) < 4.78 is 1.88. The Hall–Kier alpha value is -1.96. The lowest BCUT2D eigenvalue weighted by atomic mass is 10.2.